The molecule has 0 radical (unpaired) electrons. The zero-order chi connectivity index (χ0) is 14.6. The maximum absolute atomic E-state index is 11.8. The quantitative estimate of drug-likeness (QED) is 0.892. The number of carbonyl (C=O) groups is 1. The average molecular weight is 309 g/mol. The first-order chi connectivity index (χ1) is 9.50. The number of carbonyl (C=O) groups excluding carboxylic acids is 1. The predicted molar refractivity (Wildman–Crippen MR) is 88.0 cm³/mol. The molecule has 0 atom stereocenters. The van der Waals surface area contributed by atoms with Crippen LogP contribution in [0.1, 0.15) is 13.8 Å². The number of halogens is 1. The van der Waals surface area contributed by atoms with Crippen molar-refractivity contribution in [2.24, 2.45) is 5.73 Å². The number of benzene rings is 2. The Morgan fingerprint density at radius 1 is 1.19 bits per heavy atom. The number of ether oxygens (including phenoxy) is 1. The molecule has 0 saturated heterocycles. The molecule has 21 heavy (non-hydrogen) atoms. The fourth-order valence-corrected chi connectivity index (χ4v) is 1.87. The van der Waals surface area contributed by atoms with Crippen molar-refractivity contribution in [1.29, 1.82) is 0 Å². The minimum atomic E-state index is -0.413. The second-order valence-corrected chi connectivity index (χ2v) is 5.43. The zero-order valence-corrected chi connectivity index (χ0v) is 13.1. The van der Waals surface area contributed by atoms with Crippen molar-refractivity contribution in [3.05, 3.63) is 42.5 Å². The minimum absolute atomic E-state index is 0. The maximum Gasteiger partial charge on any atom is 0.258 e. The van der Waals surface area contributed by atoms with Crippen molar-refractivity contribution in [3.63, 3.8) is 0 Å². The average Bonchev–Trinajstić information content (AvgIpc) is 2.44. The number of hydrogen-bond acceptors (Lipinski definition) is 3. The number of hydrogen-bond donors (Lipinski definition) is 2. The Balaban J connectivity index is 0.00000220. The summed E-state index contributed by atoms with van der Waals surface area (Å²) in [5.74, 6) is 0.512. The zero-order valence-electron chi connectivity index (χ0n) is 12.3. The van der Waals surface area contributed by atoms with Gasteiger partial charge in [0, 0.05) is 12.1 Å². The first-order valence-corrected chi connectivity index (χ1v) is 6.63. The van der Waals surface area contributed by atoms with Crippen LogP contribution in [0.5, 0.6) is 5.75 Å². The van der Waals surface area contributed by atoms with Crippen molar-refractivity contribution in [2.45, 2.75) is 19.4 Å². The summed E-state index contributed by atoms with van der Waals surface area (Å²) < 4.78 is 5.51. The molecule has 114 valence electrons. The van der Waals surface area contributed by atoms with Gasteiger partial charge in [0.15, 0.2) is 6.61 Å². The summed E-state index contributed by atoms with van der Waals surface area (Å²) in [5.41, 5.74) is 5.16. The van der Waals surface area contributed by atoms with E-state index in [0.717, 1.165) is 10.8 Å². The van der Waals surface area contributed by atoms with E-state index in [1.54, 1.807) is 0 Å². The Bertz CT molecular complexity index is 614. The van der Waals surface area contributed by atoms with Crippen LogP contribution in [-0.2, 0) is 4.79 Å². The lowest BCUT2D eigenvalue weighted by atomic mass is 10.1. The number of nitrogens with one attached hydrogen (secondary N) is 1. The van der Waals surface area contributed by atoms with E-state index in [1.807, 2.05) is 56.3 Å². The smallest absolute Gasteiger partial charge is 0.258 e. The first kappa shape index (κ1) is 17.3. The lowest BCUT2D eigenvalue weighted by Gasteiger charge is -2.24. The summed E-state index contributed by atoms with van der Waals surface area (Å²) in [7, 11) is 0. The molecule has 0 aliphatic heterocycles. The van der Waals surface area contributed by atoms with Crippen LogP contribution in [0.15, 0.2) is 42.5 Å². The van der Waals surface area contributed by atoms with Gasteiger partial charge in [-0.05, 0) is 36.8 Å². The van der Waals surface area contributed by atoms with E-state index in [0.29, 0.717) is 12.3 Å². The van der Waals surface area contributed by atoms with Crippen molar-refractivity contribution in [3.8, 4) is 5.75 Å². The van der Waals surface area contributed by atoms with Crippen molar-refractivity contribution in [2.75, 3.05) is 13.2 Å². The molecule has 0 aliphatic carbocycles. The summed E-state index contributed by atoms with van der Waals surface area (Å²) in [4.78, 5) is 11.8. The van der Waals surface area contributed by atoms with Crippen LogP contribution in [0.3, 0.4) is 0 Å². The second-order valence-electron chi connectivity index (χ2n) is 5.43. The molecule has 0 spiro atoms. The highest BCUT2D eigenvalue weighted by Gasteiger charge is 2.18. The Kier molecular flexibility index (Phi) is 6.00. The van der Waals surface area contributed by atoms with Crippen LogP contribution in [0.4, 0.5) is 0 Å². The lowest BCUT2D eigenvalue weighted by Crippen LogP contribution is -2.50. The van der Waals surface area contributed by atoms with Crippen LogP contribution < -0.4 is 15.8 Å². The Morgan fingerprint density at radius 3 is 2.52 bits per heavy atom. The molecule has 1 amide bonds. The van der Waals surface area contributed by atoms with Gasteiger partial charge in [0.05, 0.1) is 0 Å². The third-order valence-corrected chi connectivity index (χ3v) is 3.08. The van der Waals surface area contributed by atoms with Gasteiger partial charge in [0.2, 0.25) is 0 Å². The van der Waals surface area contributed by atoms with E-state index in [1.165, 1.54) is 0 Å². The molecule has 0 saturated carbocycles. The molecule has 0 heterocycles. The topological polar surface area (TPSA) is 64.3 Å². The van der Waals surface area contributed by atoms with Crippen LogP contribution in [-0.4, -0.2) is 24.6 Å². The van der Waals surface area contributed by atoms with Crippen molar-refractivity contribution in [1.82, 2.24) is 5.32 Å². The summed E-state index contributed by atoms with van der Waals surface area (Å²) in [6, 6.07) is 13.8. The molecule has 0 bridgehead atoms. The van der Waals surface area contributed by atoms with Gasteiger partial charge in [0.1, 0.15) is 5.75 Å². The Morgan fingerprint density at radius 2 is 1.86 bits per heavy atom. The summed E-state index contributed by atoms with van der Waals surface area (Å²) in [6.07, 6.45) is 0. The number of amides is 1. The van der Waals surface area contributed by atoms with E-state index in [2.05, 4.69) is 5.32 Å². The van der Waals surface area contributed by atoms with Gasteiger partial charge in [-0.3, -0.25) is 4.79 Å². The third kappa shape index (κ3) is 4.92. The van der Waals surface area contributed by atoms with Crippen LogP contribution in [0.2, 0.25) is 0 Å². The first-order valence-electron chi connectivity index (χ1n) is 6.63. The van der Waals surface area contributed by atoms with Crippen LogP contribution in [0, 0.1) is 0 Å². The molecule has 0 fully saturated rings. The van der Waals surface area contributed by atoms with Gasteiger partial charge in [-0.2, -0.15) is 0 Å². The van der Waals surface area contributed by atoms with Gasteiger partial charge < -0.3 is 15.8 Å². The van der Waals surface area contributed by atoms with E-state index in [9.17, 15) is 4.79 Å². The number of nitrogens with two attached hydrogens (primary N) is 1. The molecule has 5 heteroatoms. The van der Waals surface area contributed by atoms with Crippen molar-refractivity contribution < 1.29 is 9.53 Å². The largest absolute Gasteiger partial charge is 0.484 e. The van der Waals surface area contributed by atoms with Gasteiger partial charge in [-0.15, -0.1) is 12.4 Å². The molecule has 0 aromatic heterocycles. The summed E-state index contributed by atoms with van der Waals surface area (Å²) >= 11 is 0. The van der Waals surface area contributed by atoms with Crippen LogP contribution in [0.25, 0.3) is 10.8 Å². The molecule has 4 nitrogen and oxygen atoms in total. The van der Waals surface area contributed by atoms with E-state index >= 15 is 0 Å². The highest BCUT2D eigenvalue weighted by atomic mass is 35.5. The molecular formula is C16H21ClN2O2. The Hall–Kier alpha value is -1.78. The third-order valence-electron chi connectivity index (χ3n) is 3.08. The number of rotatable bonds is 5. The number of fused-ring (bicyclic) bond motifs is 1. The molecule has 2 aromatic rings. The van der Waals surface area contributed by atoms with Gasteiger partial charge in [-0.25, -0.2) is 0 Å². The maximum atomic E-state index is 11.8. The van der Waals surface area contributed by atoms with Gasteiger partial charge >= 0.3 is 0 Å². The standard InChI is InChI=1S/C16H20N2O2.ClH/c1-16(2,11-17)18-15(19)10-20-14-8-7-12-5-3-4-6-13(12)9-14;/h3-9H,10-11,17H2,1-2H3,(H,18,19);1H. The summed E-state index contributed by atoms with van der Waals surface area (Å²) in [6.45, 7) is 4.12. The van der Waals surface area contributed by atoms with Gasteiger partial charge in [0.25, 0.3) is 5.91 Å². The van der Waals surface area contributed by atoms with E-state index in [4.69, 9.17) is 10.5 Å². The highest BCUT2D eigenvalue weighted by Crippen LogP contribution is 2.20. The molecule has 0 aliphatic rings. The van der Waals surface area contributed by atoms with Crippen molar-refractivity contribution >= 4 is 29.1 Å². The predicted octanol–water partition coefficient (Wildman–Crippen LogP) is 2.49. The highest BCUT2D eigenvalue weighted by molar-refractivity contribution is 5.85. The van der Waals surface area contributed by atoms with Gasteiger partial charge in [-0.1, -0.05) is 30.3 Å². The molecule has 2 aromatic carbocycles. The second kappa shape index (κ2) is 7.29. The monoisotopic (exact) mass is 308 g/mol. The SMILES string of the molecule is CC(C)(CN)NC(=O)COc1ccc2ccccc2c1.Cl. The fourth-order valence-electron chi connectivity index (χ4n) is 1.87. The minimum Gasteiger partial charge on any atom is -0.484 e. The molecule has 0 unspecified atom stereocenters. The van der Waals surface area contributed by atoms with E-state index < -0.39 is 5.54 Å². The summed E-state index contributed by atoms with van der Waals surface area (Å²) in [5, 5.41) is 5.06. The molecular weight excluding hydrogens is 288 g/mol. The van der Waals surface area contributed by atoms with E-state index in [-0.39, 0.29) is 24.9 Å². The lowest BCUT2D eigenvalue weighted by molar-refractivity contribution is -0.124. The van der Waals surface area contributed by atoms with Crippen LogP contribution >= 0.6 is 12.4 Å². The molecule has 2 rings (SSSR count). The fraction of sp³-hybridized carbons (Fsp3) is 0.312. The molecule has 3 N–H and O–H groups in total. The normalized spacial score (nSPS) is 10.8. The Labute approximate surface area is 131 Å².